The molecule has 2 aromatic carbocycles. The van der Waals surface area contributed by atoms with Gasteiger partial charge in [-0.15, -0.1) is 0 Å². The van der Waals surface area contributed by atoms with E-state index in [0.717, 1.165) is 49.3 Å². The van der Waals surface area contributed by atoms with Gasteiger partial charge in [-0.2, -0.15) is 0 Å². The highest BCUT2D eigenvalue weighted by molar-refractivity contribution is 9.10. The minimum Gasteiger partial charge on any atom is -0.506 e. The molecule has 0 aliphatic carbocycles. The molecule has 1 N–H and O–H groups in total. The van der Waals surface area contributed by atoms with Crippen molar-refractivity contribution in [2.24, 2.45) is 0 Å². The highest BCUT2D eigenvalue weighted by Gasteiger charge is 2.17. The van der Waals surface area contributed by atoms with Gasteiger partial charge in [-0.25, -0.2) is 4.39 Å². The molecule has 152 valence electrons. The second-order valence-corrected chi connectivity index (χ2v) is 8.64. The summed E-state index contributed by atoms with van der Waals surface area (Å²) >= 11 is 9.60. The minimum absolute atomic E-state index is 0.0769. The van der Waals surface area contributed by atoms with Crippen molar-refractivity contribution in [3.63, 3.8) is 0 Å². The monoisotopic (exact) mass is 469 g/mol. The molecule has 7 heteroatoms. The zero-order chi connectivity index (χ0) is 20.1. The number of phenolic OH excluding ortho intramolecular Hbond substituents is 1. The molecule has 0 saturated carbocycles. The van der Waals surface area contributed by atoms with Gasteiger partial charge in [0.05, 0.1) is 5.02 Å². The lowest BCUT2D eigenvalue weighted by Gasteiger charge is -2.34. The van der Waals surface area contributed by atoms with Crippen molar-refractivity contribution >= 4 is 27.5 Å². The summed E-state index contributed by atoms with van der Waals surface area (Å²) in [5.74, 6) is -0.144. The average Bonchev–Trinajstić information content (AvgIpc) is 2.67. The molecule has 0 radical (unpaired) electrons. The van der Waals surface area contributed by atoms with Crippen LogP contribution in [0.25, 0.3) is 0 Å². The quantitative estimate of drug-likeness (QED) is 0.657. The Morgan fingerprint density at radius 1 is 1.11 bits per heavy atom. The van der Waals surface area contributed by atoms with Gasteiger partial charge in [-0.3, -0.25) is 9.80 Å². The van der Waals surface area contributed by atoms with E-state index < -0.39 is 0 Å². The molecule has 1 aliphatic heterocycles. The highest BCUT2D eigenvalue weighted by Crippen LogP contribution is 2.28. The zero-order valence-electron chi connectivity index (χ0n) is 16.0. The summed E-state index contributed by atoms with van der Waals surface area (Å²) in [6, 6.07) is 10.4. The minimum atomic E-state index is -0.221. The van der Waals surface area contributed by atoms with Crippen LogP contribution in [0.5, 0.6) is 5.75 Å². The summed E-state index contributed by atoms with van der Waals surface area (Å²) in [7, 11) is 2.14. The number of hydrogen-bond acceptors (Lipinski definition) is 4. The molecule has 28 heavy (non-hydrogen) atoms. The van der Waals surface area contributed by atoms with Crippen molar-refractivity contribution < 1.29 is 9.50 Å². The number of hydrogen-bond donors (Lipinski definition) is 1. The van der Waals surface area contributed by atoms with Gasteiger partial charge in [0.2, 0.25) is 0 Å². The predicted octanol–water partition coefficient (Wildman–Crippen LogP) is 4.20. The first-order valence-corrected chi connectivity index (χ1v) is 10.6. The van der Waals surface area contributed by atoms with E-state index in [1.165, 1.54) is 6.07 Å². The van der Waals surface area contributed by atoms with E-state index in [0.29, 0.717) is 23.7 Å². The molecule has 4 nitrogen and oxygen atoms in total. The fourth-order valence-corrected chi connectivity index (χ4v) is 3.91. The number of aromatic hydroxyl groups is 1. The lowest BCUT2D eigenvalue weighted by atomic mass is 10.1. The summed E-state index contributed by atoms with van der Waals surface area (Å²) in [4.78, 5) is 6.96. The third-order valence-corrected chi connectivity index (χ3v) is 6.12. The number of piperazine rings is 1. The van der Waals surface area contributed by atoms with Crippen LogP contribution in [0.3, 0.4) is 0 Å². The number of rotatable bonds is 7. The third-order valence-electron chi connectivity index (χ3n) is 5.19. The molecule has 0 unspecified atom stereocenters. The van der Waals surface area contributed by atoms with Gasteiger partial charge in [0, 0.05) is 62.4 Å². The maximum absolute atomic E-state index is 14.4. The molecule has 1 heterocycles. The van der Waals surface area contributed by atoms with E-state index in [-0.39, 0.29) is 11.6 Å². The molecule has 2 aromatic rings. The Kier molecular flexibility index (Phi) is 7.71. The molecule has 1 saturated heterocycles. The summed E-state index contributed by atoms with van der Waals surface area (Å²) < 4.78 is 15.1. The number of likely N-dealkylation sites (N-methyl/N-ethyl adjacent to an activating group) is 1. The first kappa shape index (κ1) is 21.5. The molecule has 0 aromatic heterocycles. The van der Waals surface area contributed by atoms with Crippen molar-refractivity contribution in [1.29, 1.82) is 0 Å². The van der Waals surface area contributed by atoms with Gasteiger partial charge < -0.3 is 10.0 Å². The Bertz CT molecular complexity index is 799. The molecule has 1 aliphatic rings. The molecule has 0 bridgehead atoms. The van der Waals surface area contributed by atoms with Crippen LogP contribution >= 0.6 is 27.5 Å². The van der Waals surface area contributed by atoms with E-state index in [2.05, 4.69) is 37.7 Å². The van der Waals surface area contributed by atoms with E-state index in [9.17, 15) is 9.50 Å². The van der Waals surface area contributed by atoms with Crippen LogP contribution in [0.15, 0.2) is 40.9 Å². The van der Waals surface area contributed by atoms with Gasteiger partial charge >= 0.3 is 0 Å². The van der Waals surface area contributed by atoms with Gasteiger partial charge in [0.1, 0.15) is 11.6 Å². The Morgan fingerprint density at radius 2 is 1.82 bits per heavy atom. The van der Waals surface area contributed by atoms with Crippen molar-refractivity contribution in [2.75, 3.05) is 46.3 Å². The topological polar surface area (TPSA) is 30.0 Å². The normalized spacial score (nSPS) is 16.0. The van der Waals surface area contributed by atoms with Gasteiger partial charge in [-0.1, -0.05) is 45.7 Å². The van der Waals surface area contributed by atoms with Crippen LogP contribution in [0, 0.1) is 5.82 Å². The van der Waals surface area contributed by atoms with Crippen LogP contribution in [-0.4, -0.2) is 66.1 Å². The van der Waals surface area contributed by atoms with E-state index >= 15 is 0 Å². The molecule has 3 rings (SSSR count). The van der Waals surface area contributed by atoms with Crippen LogP contribution in [0.1, 0.15) is 11.1 Å². The zero-order valence-corrected chi connectivity index (χ0v) is 18.4. The lowest BCUT2D eigenvalue weighted by Crippen LogP contribution is -2.46. The standard InChI is InChI=1S/C21H26BrClFN3O/c1-25-7-9-26(10-8-25)11-12-27(14-16-5-6-18(22)13-19(16)24)15-17-3-2-4-20(28)21(17)23/h2-6,13,28H,7-12,14-15H2,1H3. The van der Waals surface area contributed by atoms with E-state index in [1.54, 1.807) is 12.1 Å². The predicted molar refractivity (Wildman–Crippen MR) is 115 cm³/mol. The first-order chi connectivity index (χ1) is 13.4. The SMILES string of the molecule is CN1CCN(CCN(Cc2ccc(Br)cc2F)Cc2cccc(O)c2Cl)CC1. The van der Waals surface area contributed by atoms with Crippen molar-refractivity contribution in [2.45, 2.75) is 13.1 Å². The molecule has 0 amide bonds. The van der Waals surface area contributed by atoms with Gasteiger partial charge in [0.15, 0.2) is 0 Å². The molecule has 0 spiro atoms. The number of nitrogens with zero attached hydrogens (tertiary/aromatic N) is 3. The van der Waals surface area contributed by atoms with E-state index in [1.807, 2.05) is 18.2 Å². The largest absolute Gasteiger partial charge is 0.506 e. The Morgan fingerprint density at radius 3 is 2.54 bits per heavy atom. The van der Waals surface area contributed by atoms with Crippen molar-refractivity contribution in [3.05, 3.63) is 62.8 Å². The number of halogens is 3. The smallest absolute Gasteiger partial charge is 0.134 e. The second-order valence-electron chi connectivity index (χ2n) is 7.34. The Balaban J connectivity index is 1.72. The van der Waals surface area contributed by atoms with Crippen LogP contribution in [-0.2, 0) is 13.1 Å². The average molecular weight is 471 g/mol. The summed E-state index contributed by atoms with van der Waals surface area (Å²) in [6.07, 6.45) is 0. The highest BCUT2D eigenvalue weighted by atomic mass is 79.9. The van der Waals surface area contributed by atoms with Crippen LogP contribution < -0.4 is 0 Å². The van der Waals surface area contributed by atoms with Crippen LogP contribution in [0.4, 0.5) is 4.39 Å². The lowest BCUT2D eigenvalue weighted by molar-refractivity contribution is 0.130. The summed E-state index contributed by atoms with van der Waals surface area (Å²) in [5.41, 5.74) is 1.50. The maximum atomic E-state index is 14.4. The second kappa shape index (κ2) is 10.0. The molecule has 1 fully saturated rings. The van der Waals surface area contributed by atoms with Crippen molar-refractivity contribution in [3.8, 4) is 5.75 Å². The third kappa shape index (κ3) is 5.91. The first-order valence-electron chi connectivity index (χ1n) is 9.46. The number of phenols is 1. The maximum Gasteiger partial charge on any atom is 0.134 e. The number of benzene rings is 2. The molecular formula is C21H26BrClFN3O. The van der Waals surface area contributed by atoms with Crippen molar-refractivity contribution in [1.82, 2.24) is 14.7 Å². The summed E-state index contributed by atoms with van der Waals surface area (Å²) in [6.45, 7) is 6.98. The van der Waals surface area contributed by atoms with Crippen LogP contribution in [0.2, 0.25) is 5.02 Å². The molecule has 0 atom stereocenters. The molecular weight excluding hydrogens is 445 g/mol. The fraction of sp³-hybridized carbons (Fsp3) is 0.429. The van der Waals surface area contributed by atoms with Gasteiger partial charge in [-0.05, 0) is 30.8 Å². The fourth-order valence-electron chi connectivity index (χ4n) is 3.39. The Hall–Kier alpha value is -1.18. The Labute approximate surface area is 179 Å². The van der Waals surface area contributed by atoms with E-state index in [4.69, 9.17) is 11.6 Å². The van der Waals surface area contributed by atoms with Gasteiger partial charge in [0.25, 0.3) is 0 Å². The summed E-state index contributed by atoms with van der Waals surface area (Å²) in [5, 5.41) is 10.3.